The van der Waals surface area contributed by atoms with Crippen LogP contribution >= 0.6 is 7.92 Å². The molecule has 1 heterocycles. The van der Waals surface area contributed by atoms with Gasteiger partial charge in [0.1, 0.15) is 11.5 Å². The molecule has 1 fully saturated rings. The van der Waals surface area contributed by atoms with Crippen LogP contribution in [0.5, 0.6) is 11.5 Å². The van der Waals surface area contributed by atoms with Crippen LogP contribution in [-0.2, 0) is 0 Å². The molecule has 0 amide bonds. The Labute approximate surface area is 221 Å². The average Bonchev–Trinajstić information content (AvgIpc) is 2.75. The lowest BCUT2D eigenvalue weighted by Gasteiger charge is -2.52. The maximum atomic E-state index is 10.8. The Hall–Kier alpha value is -1.57. The van der Waals surface area contributed by atoms with Gasteiger partial charge in [-0.2, -0.15) is 0 Å². The fraction of sp³-hybridized carbons (Fsp3) is 0.625. The van der Waals surface area contributed by atoms with Crippen molar-refractivity contribution in [3.8, 4) is 22.6 Å². The molecule has 1 saturated heterocycles. The minimum Gasteiger partial charge on any atom is -0.496 e. The second-order valence-corrected chi connectivity index (χ2v) is 16.3. The number of benzene rings is 2. The summed E-state index contributed by atoms with van der Waals surface area (Å²) in [5.74, 6) is 3.03. The molecule has 1 aliphatic heterocycles. The predicted molar refractivity (Wildman–Crippen MR) is 157 cm³/mol. The molecule has 2 aromatic carbocycles. The minimum atomic E-state index is -0.721. The zero-order valence-electron chi connectivity index (χ0n) is 24.7. The molecule has 200 valence electrons. The number of aliphatic hydroxyl groups excluding tert-OH is 1. The molecule has 2 aromatic rings. The van der Waals surface area contributed by atoms with Gasteiger partial charge in [-0.05, 0) is 75.3 Å². The number of methoxy groups -OCH3 is 2. The topological polar surface area (TPSA) is 38.7 Å². The van der Waals surface area contributed by atoms with Crippen molar-refractivity contribution in [1.29, 1.82) is 0 Å². The van der Waals surface area contributed by atoms with Gasteiger partial charge in [-0.3, -0.25) is 0 Å². The maximum Gasteiger partial charge on any atom is 0.127 e. The molecule has 3 nitrogen and oxygen atoms in total. The molecule has 0 spiro atoms. The van der Waals surface area contributed by atoms with Gasteiger partial charge in [-0.25, -0.2) is 0 Å². The van der Waals surface area contributed by atoms with Gasteiger partial charge in [0.05, 0.1) is 20.3 Å². The highest BCUT2D eigenvalue weighted by Gasteiger charge is 2.50. The molecule has 1 aliphatic rings. The van der Waals surface area contributed by atoms with E-state index in [1.807, 2.05) is 0 Å². The molecule has 0 aromatic heterocycles. The van der Waals surface area contributed by atoms with Crippen LogP contribution in [0.2, 0.25) is 0 Å². The molecule has 0 atom stereocenters. The van der Waals surface area contributed by atoms with E-state index in [9.17, 15) is 5.11 Å². The Kier molecular flexibility index (Phi) is 8.59. The molecular formula is C32H49O3P. The number of ether oxygens (including phenoxy) is 2. The first-order chi connectivity index (χ1) is 16.7. The van der Waals surface area contributed by atoms with E-state index < -0.39 is 7.92 Å². The van der Waals surface area contributed by atoms with Crippen LogP contribution in [0.4, 0.5) is 0 Å². The van der Waals surface area contributed by atoms with Crippen molar-refractivity contribution in [2.75, 3.05) is 14.2 Å². The van der Waals surface area contributed by atoms with Crippen molar-refractivity contribution < 1.29 is 14.6 Å². The van der Waals surface area contributed by atoms with Gasteiger partial charge >= 0.3 is 0 Å². The second-order valence-electron chi connectivity index (χ2n) is 12.8. The second kappa shape index (κ2) is 10.7. The number of aliphatic hydroxyl groups is 1. The zero-order valence-corrected chi connectivity index (χ0v) is 25.6. The van der Waals surface area contributed by atoms with Crippen molar-refractivity contribution in [2.24, 2.45) is 0 Å². The normalized spacial score (nSPS) is 21.3. The van der Waals surface area contributed by atoms with Gasteiger partial charge in [0.15, 0.2) is 0 Å². The predicted octanol–water partition coefficient (Wildman–Crippen LogP) is 8.56. The summed E-state index contributed by atoms with van der Waals surface area (Å²) in [7, 11) is 2.86. The summed E-state index contributed by atoms with van der Waals surface area (Å²) < 4.78 is 12.3. The third kappa shape index (κ3) is 5.34. The zero-order chi connectivity index (χ0) is 27.2. The number of rotatable bonds is 7. The van der Waals surface area contributed by atoms with Gasteiger partial charge in [0.25, 0.3) is 0 Å². The van der Waals surface area contributed by atoms with Crippen LogP contribution in [0.1, 0.15) is 117 Å². The first-order valence-electron chi connectivity index (χ1n) is 13.6. The molecule has 0 aliphatic carbocycles. The fourth-order valence-electron chi connectivity index (χ4n) is 6.43. The van der Waals surface area contributed by atoms with Crippen molar-refractivity contribution in [3.05, 3.63) is 41.0 Å². The first-order valence-corrected chi connectivity index (χ1v) is 14.9. The van der Waals surface area contributed by atoms with Crippen LogP contribution in [0.25, 0.3) is 11.1 Å². The fourth-order valence-corrected chi connectivity index (χ4v) is 10.9. The summed E-state index contributed by atoms with van der Waals surface area (Å²) in [5, 5.41) is 12.0. The summed E-state index contributed by atoms with van der Waals surface area (Å²) in [5.41, 5.74) is 6.65. The van der Waals surface area contributed by atoms with Crippen LogP contribution in [0.15, 0.2) is 24.3 Å². The van der Waals surface area contributed by atoms with E-state index in [0.717, 1.165) is 24.3 Å². The monoisotopic (exact) mass is 512 g/mol. The lowest BCUT2D eigenvalue weighted by atomic mass is 9.81. The molecule has 0 saturated carbocycles. The maximum absolute atomic E-state index is 10.8. The van der Waals surface area contributed by atoms with Crippen LogP contribution < -0.4 is 14.8 Å². The number of hydrogen-bond acceptors (Lipinski definition) is 3. The van der Waals surface area contributed by atoms with Gasteiger partial charge in [0.2, 0.25) is 0 Å². The molecular weight excluding hydrogens is 463 g/mol. The Morgan fingerprint density at radius 2 is 1.19 bits per heavy atom. The molecule has 1 N–H and O–H groups in total. The molecule has 4 heteroatoms. The summed E-state index contributed by atoms with van der Waals surface area (Å²) in [6.07, 6.45) is 1.31. The van der Waals surface area contributed by atoms with Crippen molar-refractivity contribution in [3.63, 3.8) is 0 Å². The highest BCUT2D eigenvalue weighted by atomic mass is 31.1. The van der Waals surface area contributed by atoms with E-state index in [-0.39, 0.29) is 16.4 Å². The van der Waals surface area contributed by atoms with E-state index in [1.165, 1.54) is 33.1 Å². The average molecular weight is 513 g/mol. The van der Waals surface area contributed by atoms with Crippen LogP contribution in [0, 0.1) is 0 Å². The molecule has 0 radical (unpaired) electrons. The Morgan fingerprint density at radius 3 is 1.58 bits per heavy atom. The van der Waals surface area contributed by atoms with Gasteiger partial charge < -0.3 is 14.6 Å². The van der Waals surface area contributed by atoms with Crippen molar-refractivity contribution >= 4 is 13.2 Å². The summed E-state index contributed by atoms with van der Waals surface area (Å²) >= 11 is 0. The van der Waals surface area contributed by atoms with Gasteiger partial charge in [-0.1, -0.05) is 89.3 Å². The van der Waals surface area contributed by atoms with Crippen LogP contribution in [-0.4, -0.2) is 35.7 Å². The smallest absolute Gasteiger partial charge is 0.127 e. The van der Waals surface area contributed by atoms with Crippen LogP contribution in [0.3, 0.4) is 0 Å². The Bertz CT molecular complexity index is 1030. The quantitative estimate of drug-likeness (QED) is 0.378. The Morgan fingerprint density at radius 1 is 0.750 bits per heavy atom. The first kappa shape index (κ1) is 29.0. The van der Waals surface area contributed by atoms with E-state index in [4.69, 9.17) is 9.47 Å². The van der Waals surface area contributed by atoms with E-state index in [1.54, 1.807) is 14.2 Å². The molecule has 0 bridgehead atoms. The lowest BCUT2D eigenvalue weighted by Crippen LogP contribution is -2.45. The summed E-state index contributed by atoms with van der Waals surface area (Å²) in [6, 6.07) is 9.01. The molecule has 0 unspecified atom stereocenters. The SMILES string of the molecule is COc1ccc(OC)c(P2C(C)(C)CC(O)CC2(C)C)c1-c1c(C(C)C)cc(C(C)C)cc1C(C)C. The third-order valence-corrected chi connectivity index (χ3v) is 11.5. The molecule has 3 rings (SSSR count). The minimum absolute atomic E-state index is 0.0568. The third-order valence-electron chi connectivity index (χ3n) is 7.83. The highest BCUT2D eigenvalue weighted by molar-refractivity contribution is 7.69. The summed E-state index contributed by atoms with van der Waals surface area (Å²) in [4.78, 5) is 0. The van der Waals surface area contributed by atoms with E-state index >= 15 is 0 Å². The van der Waals surface area contributed by atoms with E-state index in [0.29, 0.717) is 17.8 Å². The largest absolute Gasteiger partial charge is 0.496 e. The summed E-state index contributed by atoms with van der Waals surface area (Å²) in [6.45, 7) is 23.1. The van der Waals surface area contributed by atoms with Crippen molar-refractivity contribution in [1.82, 2.24) is 0 Å². The standard InChI is InChI=1S/C32H49O3P/c1-19(2)22-15-24(20(3)4)28(25(16-22)21(5)6)29-26(34-11)13-14-27(35-12)30(29)36-31(7,8)17-23(33)18-32(36,9)10/h13-16,19-21,23,33H,17-18H2,1-12H3. The van der Waals surface area contributed by atoms with Gasteiger partial charge in [-0.15, -0.1) is 0 Å². The highest BCUT2D eigenvalue weighted by Crippen LogP contribution is 2.67. The van der Waals surface area contributed by atoms with Gasteiger partial charge in [0, 0.05) is 10.9 Å². The van der Waals surface area contributed by atoms with E-state index in [2.05, 4.69) is 93.5 Å². The Balaban J connectivity index is 2.55. The lowest BCUT2D eigenvalue weighted by molar-refractivity contribution is 0.125. The van der Waals surface area contributed by atoms with Crippen molar-refractivity contribution in [2.45, 2.75) is 116 Å². The molecule has 36 heavy (non-hydrogen) atoms. The number of hydrogen-bond donors (Lipinski definition) is 1.